The summed E-state index contributed by atoms with van der Waals surface area (Å²) in [5.41, 5.74) is -8.56. The largest absolute Gasteiger partial charge is 0.425 e. The Labute approximate surface area is 163 Å². The number of carbonyl (C=O) groups excluding carboxylic acids is 2. The van der Waals surface area contributed by atoms with Crippen molar-refractivity contribution in [2.75, 3.05) is 5.32 Å². The van der Waals surface area contributed by atoms with Gasteiger partial charge < -0.3 is 10.6 Å². The van der Waals surface area contributed by atoms with Crippen molar-refractivity contribution in [1.82, 2.24) is 14.5 Å². The third kappa shape index (κ3) is 2.75. The molecule has 0 spiro atoms. The Morgan fingerprint density at radius 3 is 2.40 bits per heavy atom. The number of halogens is 3. The number of nitrogens with one attached hydrogen (secondary N) is 2. The number of aromatic nitrogens is 2. The van der Waals surface area contributed by atoms with E-state index in [0.717, 1.165) is 32.3 Å². The topological polar surface area (TPSA) is 145 Å². The number of non-ortho nitro benzene ring substituents is 1. The van der Waals surface area contributed by atoms with Gasteiger partial charge in [-0.2, -0.15) is 13.2 Å². The second kappa shape index (κ2) is 6.53. The molecule has 0 fully saturated rings. The Hall–Kier alpha value is -3.97. The van der Waals surface area contributed by atoms with Crippen LogP contribution in [0, 0.1) is 10.1 Å². The molecule has 11 nitrogen and oxygen atoms in total. The van der Waals surface area contributed by atoms with Crippen molar-refractivity contribution in [1.29, 1.82) is 0 Å². The van der Waals surface area contributed by atoms with Crippen molar-refractivity contribution in [2.45, 2.75) is 11.7 Å². The van der Waals surface area contributed by atoms with E-state index >= 15 is 0 Å². The number of fused-ring (bicyclic) bond motifs is 1. The standard InChI is InChI=1S/C16H12F3N5O6/c1-22-10-9(12(26)23(2)14(22)28)15(13(27)20-10,16(17,18)19)21-11(25)7-4-3-5-8(6-7)24(29)30/h3-6H,1-2H3,(H,20,27)(H,21,25)/t15-/m1/s1. The normalized spacial score (nSPS) is 18.0. The van der Waals surface area contributed by atoms with Crippen molar-refractivity contribution < 1.29 is 27.7 Å². The minimum Gasteiger partial charge on any atom is -0.326 e. The molecule has 1 aromatic heterocycles. The first-order valence-electron chi connectivity index (χ1n) is 8.08. The highest BCUT2D eigenvalue weighted by Gasteiger charge is 2.68. The maximum atomic E-state index is 14.2. The average Bonchev–Trinajstić information content (AvgIpc) is 2.98. The van der Waals surface area contributed by atoms with Crippen LogP contribution in [0.2, 0.25) is 0 Å². The molecule has 0 bridgehead atoms. The van der Waals surface area contributed by atoms with Crippen LogP contribution in [0.5, 0.6) is 0 Å². The zero-order valence-electron chi connectivity index (χ0n) is 15.2. The fourth-order valence-electron chi connectivity index (χ4n) is 3.11. The number of nitrogens with zero attached hydrogens (tertiary/aromatic N) is 3. The highest BCUT2D eigenvalue weighted by molar-refractivity contribution is 6.09. The van der Waals surface area contributed by atoms with Crippen molar-refractivity contribution >= 4 is 23.3 Å². The molecule has 1 atom stereocenters. The summed E-state index contributed by atoms with van der Waals surface area (Å²) >= 11 is 0. The number of hydrogen-bond acceptors (Lipinski definition) is 6. The molecular formula is C16H12F3N5O6. The minimum atomic E-state index is -5.50. The first-order chi connectivity index (χ1) is 13.8. The minimum absolute atomic E-state index is 0.360. The molecule has 2 N–H and O–H groups in total. The van der Waals surface area contributed by atoms with E-state index in [-0.39, 0.29) is 0 Å². The molecule has 2 amide bonds. The molecule has 0 aliphatic carbocycles. The summed E-state index contributed by atoms with van der Waals surface area (Å²) in [6, 6.07) is 3.79. The summed E-state index contributed by atoms with van der Waals surface area (Å²) in [5, 5.41) is 14.2. The number of hydrogen-bond donors (Lipinski definition) is 2. The number of amides is 2. The number of benzene rings is 1. The Bertz CT molecular complexity index is 1230. The van der Waals surface area contributed by atoms with Crippen LogP contribution in [0.1, 0.15) is 15.9 Å². The quantitative estimate of drug-likeness (QED) is 0.526. The number of nitro groups is 1. The Morgan fingerprint density at radius 1 is 1.20 bits per heavy atom. The van der Waals surface area contributed by atoms with Gasteiger partial charge in [0.2, 0.25) is 0 Å². The van der Waals surface area contributed by atoms with Crippen LogP contribution in [-0.4, -0.2) is 32.0 Å². The van der Waals surface area contributed by atoms with E-state index < -0.39 is 62.3 Å². The summed E-state index contributed by atoms with van der Waals surface area (Å²) in [6.07, 6.45) is -5.50. The van der Waals surface area contributed by atoms with Crippen molar-refractivity contribution in [3.63, 3.8) is 0 Å². The first kappa shape index (κ1) is 20.8. The van der Waals surface area contributed by atoms with Crippen LogP contribution in [0.25, 0.3) is 0 Å². The van der Waals surface area contributed by atoms with Crippen LogP contribution in [0.15, 0.2) is 33.9 Å². The van der Waals surface area contributed by atoms with Gasteiger partial charge >= 0.3 is 11.9 Å². The zero-order chi connectivity index (χ0) is 22.6. The molecule has 2 aromatic rings. The lowest BCUT2D eigenvalue weighted by atomic mass is 9.91. The van der Waals surface area contributed by atoms with Gasteiger partial charge in [-0.25, -0.2) is 4.79 Å². The number of alkyl halides is 3. The predicted molar refractivity (Wildman–Crippen MR) is 93.8 cm³/mol. The second-order valence-electron chi connectivity index (χ2n) is 6.39. The number of carbonyl (C=O) groups is 2. The summed E-state index contributed by atoms with van der Waals surface area (Å²) < 4.78 is 43.4. The van der Waals surface area contributed by atoms with Gasteiger partial charge in [-0.05, 0) is 6.07 Å². The summed E-state index contributed by atoms with van der Waals surface area (Å²) in [6.45, 7) is 0. The fourth-order valence-corrected chi connectivity index (χ4v) is 3.11. The van der Waals surface area contributed by atoms with Crippen LogP contribution < -0.4 is 21.9 Å². The zero-order valence-corrected chi connectivity index (χ0v) is 15.2. The average molecular weight is 427 g/mol. The van der Waals surface area contributed by atoms with Crippen LogP contribution in [0.3, 0.4) is 0 Å². The molecule has 0 saturated heterocycles. The maximum Gasteiger partial charge on any atom is 0.425 e. The number of nitro benzene ring substituents is 1. The first-order valence-corrected chi connectivity index (χ1v) is 8.08. The Kier molecular flexibility index (Phi) is 4.52. The summed E-state index contributed by atoms with van der Waals surface area (Å²) in [4.78, 5) is 59.5. The smallest absolute Gasteiger partial charge is 0.326 e. The molecule has 3 rings (SSSR count). The molecule has 0 radical (unpaired) electrons. The van der Waals surface area contributed by atoms with Crippen molar-refractivity contribution in [3.05, 3.63) is 66.3 Å². The molecule has 0 saturated carbocycles. The second-order valence-corrected chi connectivity index (χ2v) is 6.39. The van der Waals surface area contributed by atoms with Gasteiger partial charge in [0.25, 0.3) is 28.6 Å². The lowest BCUT2D eigenvalue weighted by molar-refractivity contribution is -0.384. The number of anilines is 1. The summed E-state index contributed by atoms with van der Waals surface area (Å²) in [7, 11) is 1.95. The lowest BCUT2D eigenvalue weighted by Gasteiger charge is -2.30. The van der Waals surface area contributed by atoms with E-state index in [1.54, 1.807) is 0 Å². The van der Waals surface area contributed by atoms with Crippen molar-refractivity contribution in [3.8, 4) is 0 Å². The van der Waals surface area contributed by atoms with E-state index in [2.05, 4.69) is 0 Å². The van der Waals surface area contributed by atoms with Gasteiger partial charge in [0.15, 0.2) is 0 Å². The molecule has 1 aliphatic rings. The monoisotopic (exact) mass is 427 g/mol. The van der Waals surface area contributed by atoms with Gasteiger partial charge in [-0.3, -0.25) is 33.6 Å². The van der Waals surface area contributed by atoms with Crippen LogP contribution >= 0.6 is 0 Å². The maximum absolute atomic E-state index is 14.2. The third-order valence-electron chi connectivity index (χ3n) is 4.66. The van der Waals surface area contributed by atoms with Gasteiger partial charge in [0.1, 0.15) is 11.4 Å². The highest BCUT2D eigenvalue weighted by Crippen LogP contribution is 2.45. The summed E-state index contributed by atoms with van der Waals surface area (Å²) in [5.74, 6) is -4.01. The predicted octanol–water partition coefficient (Wildman–Crippen LogP) is 0.132. The van der Waals surface area contributed by atoms with Crippen LogP contribution in [-0.2, 0) is 24.4 Å². The Morgan fingerprint density at radius 2 is 1.83 bits per heavy atom. The molecule has 1 aromatic carbocycles. The van der Waals surface area contributed by atoms with E-state index in [1.165, 1.54) is 5.32 Å². The third-order valence-corrected chi connectivity index (χ3v) is 4.66. The van der Waals surface area contributed by atoms with Gasteiger partial charge in [-0.15, -0.1) is 0 Å². The molecule has 158 valence electrons. The van der Waals surface area contributed by atoms with E-state index in [1.807, 2.05) is 5.32 Å². The van der Waals surface area contributed by atoms with Crippen LogP contribution in [0.4, 0.5) is 24.7 Å². The number of rotatable bonds is 3. The lowest BCUT2D eigenvalue weighted by Crippen LogP contribution is -2.62. The fraction of sp³-hybridized carbons (Fsp3) is 0.250. The molecule has 1 aliphatic heterocycles. The van der Waals surface area contributed by atoms with E-state index in [4.69, 9.17) is 0 Å². The molecule has 14 heteroatoms. The van der Waals surface area contributed by atoms with Crippen molar-refractivity contribution in [2.24, 2.45) is 14.1 Å². The SMILES string of the molecule is Cn1c2c(c(=O)n(C)c1=O)[C@](NC(=O)c1cccc([N+](=O)[O-])c1)(C(F)(F)F)C(=O)N2. The van der Waals surface area contributed by atoms with Gasteiger partial charge in [0, 0.05) is 31.8 Å². The van der Waals surface area contributed by atoms with Gasteiger partial charge in [0.05, 0.1) is 4.92 Å². The highest BCUT2D eigenvalue weighted by atomic mass is 19.4. The van der Waals surface area contributed by atoms with E-state index in [0.29, 0.717) is 15.2 Å². The van der Waals surface area contributed by atoms with Gasteiger partial charge in [-0.1, -0.05) is 6.07 Å². The molecular weight excluding hydrogens is 415 g/mol. The van der Waals surface area contributed by atoms with E-state index in [9.17, 15) is 42.5 Å². The Balaban J connectivity index is 2.25. The molecule has 2 heterocycles. The molecule has 0 unspecified atom stereocenters. The molecule has 30 heavy (non-hydrogen) atoms.